The van der Waals surface area contributed by atoms with Gasteiger partial charge >= 0.3 is 0 Å². The van der Waals surface area contributed by atoms with E-state index in [1.807, 2.05) is 0 Å². The van der Waals surface area contributed by atoms with Gasteiger partial charge < -0.3 is 9.73 Å². The van der Waals surface area contributed by atoms with E-state index in [2.05, 4.69) is 12.2 Å². The Kier molecular flexibility index (Phi) is 4.65. The molecule has 1 aliphatic carbocycles. The second kappa shape index (κ2) is 6.07. The Hall–Kier alpha value is -0.850. The monoisotopic (exact) mass is 286 g/mol. The lowest BCUT2D eigenvalue weighted by Crippen LogP contribution is -2.33. The molecule has 19 heavy (non-hydrogen) atoms. The van der Waals surface area contributed by atoms with Crippen molar-refractivity contribution in [3.8, 4) is 0 Å². The van der Waals surface area contributed by atoms with Crippen molar-refractivity contribution in [3.05, 3.63) is 17.9 Å². The van der Waals surface area contributed by atoms with Crippen LogP contribution in [0.5, 0.6) is 0 Å². The van der Waals surface area contributed by atoms with Crippen LogP contribution in [0.15, 0.2) is 21.6 Å². The molecule has 0 aromatic carbocycles. The first-order valence-corrected chi connectivity index (χ1v) is 8.28. The quantitative estimate of drug-likeness (QED) is 0.793. The van der Waals surface area contributed by atoms with E-state index in [0.717, 1.165) is 25.7 Å². The van der Waals surface area contributed by atoms with E-state index in [9.17, 15) is 8.42 Å². The normalized spacial score (nSPS) is 16.2. The number of hydrogen-bond acceptors (Lipinski definition) is 4. The minimum Gasteiger partial charge on any atom is -0.447 e. The third-order valence-electron chi connectivity index (χ3n) is 3.24. The Morgan fingerprint density at radius 1 is 1.42 bits per heavy atom. The van der Waals surface area contributed by atoms with Crippen LogP contribution >= 0.6 is 0 Å². The summed E-state index contributed by atoms with van der Waals surface area (Å²) in [6, 6.07) is 3.45. The summed E-state index contributed by atoms with van der Waals surface area (Å²) in [7, 11) is -1.67. The van der Waals surface area contributed by atoms with Crippen LogP contribution < -0.4 is 5.32 Å². The highest BCUT2D eigenvalue weighted by Gasteiger charge is 2.39. The van der Waals surface area contributed by atoms with E-state index in [4.69, 9.17) is 4.42 Å². The highest BCUT2D eigenvalue weighted by Crippen LogP contribution is 2.32. The molecular weight excluding hydrogens is 264 g/mol. The van der Waals surface area contributed by atoms with Crippen LogP contribution in [0.2, 0.25) is 0 Å². The van der Waals surface area contributed by atoms with Gasteiger partial charge in [0, 0.05) is 12.6 Å². The third-order valence-corrected chi connectivity index (χ3v) is 5.06. The first-order valence-electron chi connectivity index (χ1n) is 6.84. The molecule has 1 heterocycles. The summed E-state index contributed by atoms with van der Waals surface area (Å²) >= 11 is 0. The minimum absolute atomic E-state index is 0.0701. The molecule has 1 N–H and O–H groups in total. The lowest BCUT2D eigenvalue weighted by molar-refractivity contribution is 0.356. The molecule has 6 heteroatoms. The molecule has 1 aliphatic rings. The average molecular weight is 286 g/mol. The summed E-state index contributed by atoms with van der Waals surface area (Å²) in [6.07, 6.45) is 3.81. The maximum Gasteiger partial charge on any atom is 0.276 e. The fourth-order valence-corrected chi connectivity index (χ4v) is 3.71. The SMILES string of the molecule is CCCCN(C1CC1)S(=O)(=O)c1ccc(CNC)o1. The maximum absolute atomic E-state index is 12.5. The molecule has 1 fully saturated rings. The third kappa shape index (κ3) is 3.38. The van der Waals surface area contributed by atoms with Gasteiger partial charge in [-0.3, -0.25) is 0 Å². The van der Waals surface area contributed by atoms with Crippen molar-refractivity contribution in [2.24, 2.45) is 0 Å². The molecule has 0 bridgehead atoms. The van der Waals surface area contributed by atoms with Gasteiger partial charge in [0.05, 0.1) is 6.54 Å². The molecule has 1 saturated carbocycles. The largest absolute Gasteiger partial charge is 0.447 e. The molecule has 2 rings (SSSR count). The maximum atomic E-state index is 12.5. The van der Waals surface area contributed by atoms with E-state index in [1.165, 1.54) is 0 Å². The number of furan rings is 1. The number of sulfonamides is 1. The summed E-state index contributed by atoms with van der Waals surface area (Å²) in [5.41, 5.74) is 0. The zero-order valence-corrected chi connectivity index (χ0v) is 12.4. The van der Waals surface area contributed by atoms with Crippen LogP contribution in [0.3, 0.4) is 0 Å². The van der Waals surface area contributed by atoms with Crippen molar-refractivity contribution < 1.29 is 12.8 Å². The zero-order chi connectivity index (χ0) is 13.9. The second-order valence-electron chi connectivity index (χ2n) is 4.95. The van der Waals surface area contributed by atoms with Crippen molar-refractivity contribution in [2.75, 3.05) is 13.6 Å². The van der Waals surface area contributed by atoms with Gasteiger partial charge in [0.2, 0.25) is 5.09 Å². The molecule has 0 spiro atoms. The molecule has 0 saturated heterocycles. The summed E-state index contributed by atoms with van der Waals surface area (Å²) < 4.78 is 32.1. The van der Waals surface area contributed by atoms with Crippen LogP contribution in [-0.2, 0) is 16.6 Å². The molecule has 0 unspecified atom stereocenters. The minimum atomic E-state index is -3.47. The highest BCUT2D eigenvalue weighted by molar-refractivity contribution is 7.89. The van der Waals surface area contributed by atoms with Crippen molar-refractivity contribution in [2.45, 2.75) is 50.3 Å². The number of unbranched alkanes of at least 4 members (excludes halogenated alkanes) is 1. The number of nitrogens with zero attached hydrogens (tertiary/aromatic N) is 1. The van der Waals surface area contributed by atoms with Crippen LogP contribution in [0.1, 0.15) is 38.4 Å². The van der Waals surface area contributed by atoms with Gasteiger partial charge in [-0.1, -0.05) is 13.3 Å². The molecule has 5 nitrogen and oxygen atoms in total. The standard InChI is InChI=1S/C13H22N2O3S/c1-3-4-9-15(11-5-6-11)19(16,17)13-8-7-12(18-13)10-14-2/h7-8,11,14H,3-6,9-10H2,1-2H3. The number of rotatable bonds is 8. The van der Waals surface area contributed by atoms with Gasteiger partial charge in [-0.2, -0.15) is 4.31 Å². The summed E-state index contributed by atoms with van der Waals surface area (Å²) in [5.74, 6) is 0.646. The predicted octanol–water partition coefficient (Wildman–Crippen LogP) is 1.95. The van der Waals surface area contributed by atoms with Gasteiger partial charge in [-0.25, -0.2) is 8.42 Å². The predicted molar refractivity (Wildman–Crippen MR) is 73.3 cm³/mol. The molecule has 0 radical (unpaired) electrons. The van der Waals surface area contributed by atoms with Crippen LogP contribution in [0, 0.1) is 0 Å². The molecule has 1 aromatic rings. The zero-order valence-electron chi connectivity index (χ0n) is 11.6. The molecule has 0 amide bonds. The summed E-state index contributed by atoms with van der Waals surface area (Å²) in [4.78, 5) is 0. The van der Waals surface area contributed by atoms with Gasteiger partial charge in [0.15, 0.2) is 0 Å². The molecule has 0 atom stereocenters. The second-order valence-corrected chi connectivity index (χ2v) is 6.77. The summed E-state index contributed by atoms with van der Waals surface area (Å²) in [5, 5.41) is 3.02. The van der Waals surface area contributed by atoms with Crippen LogP contribution in [0.4, 0.5) is 0 Å². The van der Waals surface area contributed by atoms with Gasteiger partial charge in [0.1, 0.15) is 5.76 Å². The lowest BCUT2D eigenvalue weighted by atomic mass is 10.3. The van der Waals surface area contributed by atoms with E-state index in [-0.39, 0.29) is 11.1 Å². The van der Waals surface area contributed by atoms with Gasteiger partial charge in [0.25, 0.3) is 10.0 Å². The average Bonchev–Trinajstić information content (AvgIpc) is 3.08. The van der Waals surface area contributed by atoms with Crippen LogP contribution in [-0.4, -0.2) is 32.4 Å². The van der Waals surface area contributed by atoms with E-state index < -0.39 is 10.0 Å². The first-order chi connectivity index (χ1) is 9.09. The van der Waals surface area contributed by atoms with Crippen molar-refractivity contribution in [3.63, 3.8) is 0 Å². The van der Waals surface area contributed by atoms with E-state index in [1.54, 1.807) is 23.5 Å². The highest BCUT2D eigenvalue weighted by atomic mass is 32.2. The van der Waals surface area contributed by atoms with Crippen molar-refractivity contribution in [1.29, 1.82) is 0 Å². The van der Waals surface area contributed by atoms with Crippen molar-refractivity contribution >= 4 is 10.0 Å². The Labute approximate surface area is 115 Å². The van der Waals surface area contributed by atoms with Crippen molar-refractivity contribution in [1.82, 2.24) is 9.62 Å². The smallest absolute Gasteiger partial charge is 0.276 e. The first kappa shape index (κ1) is 14.6. The topological polar surface area (TPSA) is 62.6 Å². The fourth-order valence-electron chi connectivity index (χ4n) is 2.06. The number of nitrogens with one attached hydrogen (secondary N) is 1. The van der Waals surface area contributed by atoms with E-state index >= 15 is 0 Å². The van der Waals surface area contributed by atoms with E-state index in [0.29, 0.717) is 18.8 Å². The van der Waals surface area contributed by atoms with Crippen LogP contribution in [0.25, 0.3) is 0 Å². The molecule has 0 aliphatic heterocycles. The molecular formula is C13H22N2O3S. The molecule has 108 valence electrons. The number of hydrogen-bond donors (Lipinski definition) is 1. The summed E-state index contributed by atoms with van der Waals surface area (Å²) in [6.45, 7) is 3.19. The lowest BCUT2D eigenvalue weighted by Gasteiger charge is -2.19. The van der Waals surface area contributed by atoms with Gasteiger partial charge in [-0.05, 0) is 38.4 Å². The Morgan fingerprint density at radius 2 is 2.16 bits per heavy atom. The Bertz CT molecular complexity index is 506. The fraction of sp³-hybridized carbons (Fsp3) is 0.692. The molecule has 1 aromatic heterocycles. The van der Waals surface area contributed by atoms with Gasteiger partial charge in [-0.15, -0.1) is 0 Å². The Balaban J connectivity index is 2.17. The Morgan fingerprint density at radius 3 is 2.74 bits per heavy atom.